The summed E-state index contributed by atoms with van der Waals surface area (Å²) in [6.45, 7) is 2.96. The Hall–Kier alpha value is -2.20. The molecule has 25 heavy (non-hydrogen) atoms. The van der Waals surface area contributed by atoms with Gasteiger partial charge >= 0.3 is 12.1 Å². The monoisotopic (exact) mass is 357 g/mol. The van der Waals surface area contributed by atoms with Crippen molar-refractivity contribution in [2.45, 2.75) is 0 Å². The number of carbonyl (C=O) groups is 2. The highest BCUT2D eigenvalue weighted by Gasteiger charge is 2.07. The summed E-state index contributed by atoms with van der Waals surface area (Å²) in [5.74, 6) is -0.862. The third kappa shape index (κ3) is 10.3. The fourth-order valence-electron chi connectivity index (χ4n) is 1.60. The van der Waals surface area contributed by atoms with Gasteiger partial charge in [0.05, 0.1) is 45.2 Å². The maximum absolute atomic E-state index is 11.4. The van der Waals surface area contributed by atoms with Crippen LogP contribution in [0.4, 0.5) is 4.79 Å². The molecule has 0 radical (unpaired) electrons. The number of carboxylic acids is 1. The maximum Gasteiger partial charge on any atom is 0.513 e. The molecule has 0 aliphatic rings. The Kier molecular flexibility index (Phi) is 10.9. The Morgan fingerprint density at radius 1 is 0.840 bits per heavy atom. The minimum atomic E-state index is -1.06. The Labute approximate surface area is 145 Å². The fourth-order valence-corrected chi connectivity index (χ4v) is 1.60. The Bertz CT molecular complexity index is 505. The molecule has 0 aliphatic heterocycles. The van der Waals surface area contributed by atoms with E-state index in [2.05, 4.69) is 0 Å². The maximum atomic E-state index is 11.4. The quantitative estimate of drug-likeness (QED) is 0.301. The molecule has 0 aliphatic carbocycles. The first-order valence-electron chi connectivity index (χ1n) is 7.74. The van der Waals surface area contributed by atoms with Gasteiger partial charge in [-0.2, -0.15) is 0 Å². The van der Waals surface area contributed by atoms with Crippen LogP contribution < -0.4 is 10.5 Å². The van der Waals surface area contributed by atoms with E-state index in [1.807, 2.05) is 0 Å². The van der Waals surface area contributed by atoms with E-state index < -0.39 is 12.1 Å². The zero-order chi connectivity index (χ0) is 18.3. The predicted molar refractivity (Wildman–Crippen MR) is 86.9 cm³/mol. The van der Waals surface area contributed by atoms with E-state index in [-0.39, 0.29) is 24.5 Å². The molecule has 140 valence electrons. The Morgan fingerprint density at radius 2 is 1.36 bits per heavy atom. The first kappa shape index (κ1) is 20.8. The summed E-state index contributed by atoms with van der Waals surface area (Å²) in [5, 5.41) is 8.76. The smallest absolute Gasteiger partial charge is 0.478 e. The van der Waals surface area contributed by atoms with Crippen molar-refractivity contribution in [2.24, 2.45) is 5.73 Å². The van der Waals surface area contributed by atoms with Crippen molar-refractivity contribution in [3.8, 4) is 5.75 Å². The number of carboxylic acid groups (broad SMARTS) is 1. The van der Waals surface area contributed by atoms with Crippen LogP contribution in [0.3, 0.4) is 0 Å². The van der Waals surface area contributed by atoms with Gasteiger partial charge in [0, 0.05) is 6.54 Å². The lowest BCUT2D eigenvalue weighted by Crippen LogP contribution is -2.16. The van der Waals surface area contributed by atoms with E-state index in [9.17, 15) is 9.59 Å². The molecule has 0 fully saturated rings. The second-order valence-corrected chi connectivity index (χ2v) is 4.66. The molecule has 0 saturated heterocycles. The van der Waals surface area contributed by atoms with Crippen molar-refractivity contribution >= 4 is 12.1 Å². The second-order valence-electron chi connectivity index (χ2n) is 4.66. The van der Waals surface area contributed by atoms with E-state index in [0.29, 0.717) is 39.6 Å². The molecule has 0 spiro atoms. The summed E-state index contributed by atoms with van der Waals surface area (Å²) >= 11 is 0. The summed E-state index contributed by atoms with van der Waals surface area (Å²) in [6, 6.07) is 5.40. The number of hydrogen-bond donors (Lipinski definition) is 2. The summed E-state index contributed by atoms with van der Waals surface area (Å²) in [7, 11) is 0. The minimum Gasteiger partial charge on any atom is -0.478 e. The number of hydrogen-bond acceptors (Lipinski definition) is 8. The largest absolute Gasteiger partial charge is 0.513 e. The fraction of sp³-hybridized carbons (Fsp3) is 0.500. The standard InChI is InChI=1S/C16H23NO8/c17-5-6-21-7-8-22-9-10-23-11-12-24-16(20)25-14-3-1-13(2-4-14)15(18)19/h1-4H,5-12,17H2,(H,18,19). The number of benzene rings is 1. The highest BCUT2D eigenvalue weighted by molar-refractivity contribution is 5.87. The van der Waals surface area contributed by atoms with Gasteiger partial charge in [-0.05, 0) is 24.3 Å². The molecule has 1 aromatic rings. The van der Waals surface area contributed by atoms with Crippen molar-refractivity contribution in [3.63, 3.8) is 0 Å². The molecule has 3 N–H and O–H groups in total. The first-order valence-corrected chi connectivity index (χ1v) is 7.74. The number of aromatic carboxylic acids is 1. The van der Waals surface area contributed by atoms with Crippen molar-refractivity contribution in [1.82, 2.24) is 0 Å². The third-order valence-corrected chi connectivity index (χ3v) is 2.76. The lowest BCUT2D eigenvalue weighted by Gasteiger charge is -2.08. The van der Waals surface area contributed by atoms with Crippen LogP contribution in [0.1, 0.15) is 10.4 Å². The lowest BCUT2D eigenvalue weighted by atomic mass is 10.2. The molecule has 9 nitrogen and oxygen atoms in total. The number of nitrogens with two attached hydrogens (primary N) is 1. The SMILES string of the molecule is NCCOCCOCCOCCOC(=O)Oc1ccc(C(=O)O)cc1. The van der Waals surface area contributed by atoms with E-state index in [0.717, 1.165) is 0 Å². The summed E-state index contributed by atoms with van der Waals surface area (Å²) in [6.07, 6.45) is -0.889. The number of carbonyl (C=O) groups excluding carboxylic acids is 1. The van der Waals surface area contributed by atoms with Gasteiger partial charge < -0.3 is 34.5 Å². The van der Waals surface area contributed by atoms with Crippen LogP contribution in [0.25, 0.3) is 0 Å². The van der Waals surface area contributed by atoms with Crippen molar-refractivity contribution in [3.05, 3.63) is 29.8 Å². The van der Waals surface area contributed by atoms with Gasteiger partial charge in [0.15, 0.2) is 0 Å². The van der Waals surface area contributed by atoms with Gasteiger partial charge in [0.25, 0.3) is 0 Å². The summed E-state index contributed by atoms with van der Waals surface area (Å²) in [4.78, 5) is 22.1. The van der Waals surface area contributed by atoms with Gasteiger partial charge in [0.1, 0.15) is 12.4 Å². The lowest BCUT2D eigenvalue weighted by molar-refractivity contribution is 0.00331. The average Bonchev–Trinajstić information content (AvgIpc) is 2.60. The zero-order valence-electron chi connectivity index (χ0n) is 13.8. The Balaban J connectivity index is 1.99. The van der Waals surface area contributed by atoms with Gasteiger partial charge in [-0.1, -0.05) is 0 Å². The number of ether oxygens (including phenoxy) is 5. The number of rotatable bonds is 13. The van der Waals surface area contributed by atoms with Crippen LogP contribution in [0.2, 0.25) is 0 Å². The van der Waals surface area contributed by atoms with Crippen LogP contribution in [0, 0.1) is 0 Å². The van der Waals surface area contributed by atoms with E-state index >= 15 is 0 Å². The Morgan fingerprint density at radius 3 is 1.88 bits per heavy atom. The van der Waals surface area contributed by atoms with Crippen molar-refractivity contribution in [2.75, 3.05) is 52.8 Å². The van der Waals surface area contributed by atoms with Gasteiger partial charge in [0.2, 0.25) is 0 Å². The highest BCUT2D eigenvalue weighted by atomic mass is 16.7. The molecule has 0 unspecified atom stereocenters. The molecule has 1 aromatic carbocycles. The van der Waals surface area contributed by atoms with Gasteiger partial charge in [-0.3, -0.25) is 0 Å². The topological polar surface area (TPSA) is 127 Å². The van der Waals surface area contributed by atoms with Crippen molar-refractivity contribution < 1.29 is 38.4 Å². The summed E-state index contributed by atoms with van der Waals surface area (Å²) in [5.41, 5.74) is 5.37. The van der Waals surface area contributed by atoms with E-state index in [4.69, 9.17) is 34.5 Å². The minimum absolute atomic E-state index is 0.0334. The molecule has 0 amide bonds. The molecule has 0 bridgehead atoms. The van der Waals surface area contributed by atoms with E-state index in [1.54, 1.807) is 0 Å². The molecular formula is C16H23NO8. The molecule has 0 aromatic heterocycles. The molecule has 1 rings (SSSR count). The molecular weight excluding hydrogens is 334 g/mol. The molecule has 0 atom stereocenters. The first-order chi connectivity index (χ1) is 12.1. The van der Waals surface area contributed by atoms with Crippen molar-refractivity contribution in [1.29, 1.82) is 0 Å². The molecule has 0 heterocycles. The van der Waals surface area contributed by atoms with Crippen LogP contribution in [-0.4, -0.2) is 70.0 Å². The third-order valence-electron chi connectivity index (χ3n) is 2.76. The molecule has 0 saturated carbocycles. The van der Waals surface area contributed by atoms with Crippen LogP contribution in [-0.2, 0) is 18.9 Å². The van der Waals surface area contributed by atoms with Crippen LogP contribution in [0.5, 0.6) is 5.75 Å². The highest BCUT2D eigenvalue weighted by Crippen LogP contribution is 2.12. The zero-order valence-corrected chi connectivity index (χ0v) is 13.8. The normalized spacial score (nSPS) is 10.4. The predicted octanol–water partition coefficient (Wildman–Crippen LogP) is 0.909. The van der Waals surface area contributed by atoms with Crippen LogP contribution in [0.15, 0.2) is 24.3 Å². The molecule has 9 heteroatoms. The van der Waals surface area contributed by atoms with Crippen LogP contribution >= 0.6 is 0 Å². The second kappa shape index (κ2) is 13.1. The summed E-state index contributed by atoms with van der Waals surface area (Å²) < 4.78 is 25.3. The van der Waals surface area contributed by atoms with Gasteiger partial charge in [-0.15, -0.1) is 0 Å². The average molecular weight is 357 g/mol. The van der Waals surface area contributed by atoms with Gasteiger partial charge in [-0.25, -0.2) is 9.59 Å². The van der Waals surface area contributed by atoms with E-state index in [1.165, 1.54) is 24.3 Å².